The third kappa shape index (κ3) is 2.95. The fourth-order valence-electron chi connectivity index (χ4n) is 1.08. The van der Waals surface area contributed by atoms with Gasteiger partial charge in [-0.25, -0.2) is 4.39 Å². The maximum absolute atomic E-state index is 12.8. The Kier molecular flexibility index (Phi) is 3.84. The number of nitrogens with one attached hydrogen (secondary N) is 1. The Hall–Kier alpha value is -2.09. The number of hydrogen-bond acceptors (Lipinski definition) is 3. The number of phenols is 1. The molecule has 0 heterocycles. The highest BCUT2D eigenvalue weighted by Gasteiger charge is 2.12. The van der Waals surface area contributed by atoms with Crippen LogP contribution < -0.4 is 5.32 Å². The molecule has 1 aromatic carbocycles. The van der Waals surface area contributed by atoms with Crippen LogP contribution in [-0.2, 0) is 0 Å². The molecule has 0 aliphatic heterocycles. The van der Waals surface area contributed by atoms with E-state index in [0.717, 1.165) is 18.2 Å². The van der Waals surface area contributed by atoms with Crippen molar-refractivity contribution in [2.75, 3.05) is 6.54 Å². The first kappa shape index (κ1) is 12.0. The second-order valence-electron chi connectivity index (χ2n) is 3.40. The molecule has 0 spiro atoms. The van der Waals surface area contributed by atoms with E-state index in [0.29, 0.717) is 0 Å². The Morgan fingerprint density at radius 2 is 2.38 bits per heavy atom. The number of nitrogens with zero attached hydrogens (tertiary/aromatic N) is 1. The number of halogens is 1. The minimum Gasteiger partial charge on any atom is -0.507 e. The summed E-state index contributed by atoms with van der Waals surface area (Å²) in [7, 11) is 0. The van der Waals surface area contributed by atoms with E-state index in [-0.39, 0.29) is 23.8 Å². The molecule has 1 aromatic rings. The SMILES string of the molecule is CC(C#N)CNC(=O)c1cc(F)ccc1O. The highest BCUT2D eigenvalue weighted by molar-refractivity contribution is 5.96. The Morgan fingerprint density at radius 3 is 3.00 bits per heavy atom. The fraction of sp³-hybridized carbons (Fsp3) is 0.273. The summed E-state index contributed by atoms with van der Waals surface area (Å²) in [5.74, 6) is -1.82. The van der Waals surface area contributed by atoms with Gasteiger partial charge in [-0.2, -0.15) is 5.26 Å². The van der Waals surface area contributed by atoms with E-state index < -0.39 is 11.7 Å². The zero-order valence-electron chi connectivity index (χ0n) is 8.70. The highest BCUT2D eigenvalue weighted by atomic mass is 19.1. The lowest BCUT2D eigenvalue weighted by molar-refractivity contribution is 0.0947. The predicted octanol–water partition coefficient (Wildman–Crippen LogP) is 1.42. The minimum absolute atomic E-state index is 0.134. The van der Waals surface area contributed by atoms with Crippen LogP contribution in [0.2, 0.25) is 0 Å². The zero-order chi connectivity index (χ0) is 12.1. The van der Waals surface area contributed by atoms with Crippen molar-refractivity contribution in [1.82, 2.24) is 5.32 Å². The van der Waals surface area contributed by atoms with Crippen LogP contribution in [0, 0.1) is 23.1 Å². The monoisotopic (exact) mass is 222 g/mol. The average Bonchev–Trinajstić information content (AvgIpc) is 2.28. The molecule has 0 fully saturated rings. The number of amides is 1. The third-order valence-electron chi connectivity index (χ3n) is 1.99. The average molecular weight is 222 g/mol. The maximum Gasteiger partial charge on any atom is 0.255 e. The number of aromatic hydroxyl groups is 1. The maximum atomic E-state index is 12.8. The summed E-state index contributed by atoms with van der Waals surface area (Å²) in [6, 6.07) is 5.06. The van der Waals surface area contributed by atoms with Gasteiger partial charge in [-0.15, -0.1) is 0 Å². The van der Waals surface area contributed by atoms with Crippen molar-refractivity contribution in [1.29, 1.82) is 5.26 Å². The van der Waals surface area contributed by atoms with Gasteiger partial charge in [0.2, 0.25) is 0 Å². The van der Waals surface area contributed by atoms with Gasteiger partial charge in [0.15, 0.2) is 0 Å². The van der Waals surface area contributed by atoms with Gasteiger partial charge in [0.1, 0.15) is 11.6 Å². The third-order valence-corrected chi connectivity index (χ3v) is 1.99. The van der Waals surface area contributed by atoms with Gasteiger partial charge >= 0.3 is 0 Å². The van der Waals surface area contributed by atoms with Gasteiger partial charge in [0, 0.05) is 6.54 Å². The van der Waals surface area contributed by atoms with E-state index >= 15 is 0 Å². The van der Waals surface area contributed by atoms with Crippen LogP contribution in [0.3, 0.4) is 0 Å². The molecule has 0 saturated heterocycles. The first-order valence-corrected chi connectivity index (χ1v) is 4.71. The van der Waals surface area contributed by atoms with Crippen molar-refractivity contribution in [3.8, 4) is 11.8 Å². The van der Waals surface area contributed by atoms with Gasteiger partial charge in [-0.1, -0.05) is 0 Å². The number of benzene rings is 1. The second-order valence-corrected chi connectivity index (χ2v) is 3.40. The summed E-state index contributed by atoms with van der Waals surface area (Å²) in [5.41, 5.74) is -0.134. The van der Waals surface area contributed by atoms with E-state index in [9.17, 15) is 14.3 Å². The van der Waals surface area contributed by atoms with Crippen molar-refractivity contribution < 1.29 is 14.3 Å². The molecule has 0 aliphatic rings. The lowest BCUT2D eigenvalue weighted by atomic mass is 10.1. The molecule has 1 atom stereocenters. The van der Waals surface area contributed by atoms with E-state index in [4.69, 9.17) is 5.26 Å². The van der Waals surface area contributed by atoms with Gasteiger partial charge < -0.3 is 10.4 Å². The zero-order valence-corrected chi connectivity index (χ0v) is 8.70. The topological polar surface area (TPSA) is 73.1 Å². The molecule has 4 nitrogen and oxygen atoms in total. The summed E-state index contributed by atoms with van der Waals surface area (Å²) in [4.78, 5) is 11.5. The number of hydrogen-bond donors (Lipinski definition) is 2. The molecule has 1 amide bonds. The molecule has 5 heteroatoms. The van der Waals surface area contributed by atoms with Gasteiger partial charge in [-0.05, 0) is 25.1 Å². The summed E-state index contributed by atoms with van der Waals surface area (Å²) in [6.07, 6.45) is 0. The molecular formula is C11H11FN2O2. The van der Waals surface area contributed by atoms with Crippen molar-refractivity contribution >= 4 is 5.91 Å². The Bertz CT molecular complexity index is 440. The highest BCUT2D eigenvalue weighted by Crippen LogP contribution is 2.17. The van der Waals surface area contributed by atoms with Gasteiger partial charge in [-0.3, -0.25) is 4.79 Å². The lowest BCUT2D eigenvalue weighted by Crippen LogP contribution is -2.27. The first-order chi connectivity index (χ1) is 7.54. The second kappa shape index (κ2) is 5.12. The van der Waals surface area contributed by atoms with E-state index in [1.165, 1.54) is 0 Å². The summed E-state index contributed by atoms with van der Waals surface area (Å²) in [6.45, 7) is 1.80. The lowest BCUT2D eigenvalue weighted by Gasteiger charge is -2.07. The summed E-state index contributed by atoms with van der Waals surface area (Å²) in [5, 5.41) is 20.3. The molecule has 1 rings (SSSR count). The molecule has 0 saturated carbocycles. The van der Waals surface area contributed by atoms with Crippen LogP contribution in [0.1, 0.15) is 17.3 Å². The molecule has 16 heavy (non-hydrogen) atoms. The van der Waals surface area contributed by atoms with Crippen molar-refractivity contribution in [2.24, 2.45) is 5.92 Å². The van der Waals surface area contributed by atoms with Crippen molar-refractivity contribution in [3.63, 3.8) is 0 Å². The van der Waals surface area contributed by atoms with Crippen LogP contribution in [-0.4, -0.2) is 17.6 Å². The normalized spacial score (nSPS) is 11.6. The largest absolute Gasteiger partial charge is 0.507 e. The van der Waals surface area contributed by atoms with E-state index in [1.54, 1.807) is 6.92 Å². The Labute approximate surface area is 92.3 Å². The molecule has 0 aliphatic carbocycles. The van der Waals surface area contributed by atoms with Crippen LogP contribution >= 0.6 is 0 Å². The van der Waals surface area contributed by atoms with Crippen LogP contribution in [0.5, 0.6) is 5.75 Å². The molecule has 0 radical (unpaired) electrons. The molecular weight excluding hydrogens is 211 g/mol. The molecule has 2 N–H and O–H groups in total. The fourth-order valence-corrected chi connectivity index (χ4v) is 1.08. The van der Waals surface area contributed by atoms with E-state index in [1.807, 2.05) is 6.07 Å². The quantitative estimate of drug-likeness (QED) is 0.812. The van der Waals surface area contributed by atoms with E-state index in [2.05, 4.69) is 5.32 Å². The number of carbonyl (C=O) groups is 1. The van der Waals surface area contributed by atoms with Crippen molar-refractivity contribution in [3.05, 3.63) is 29.6 Å². The summed E-state index contributed by atoms with van der Waals surface area (Å²) < 4.78 is 12.8. The number of nitriles is 1. The number of rotatable bonds is 3. The van der Waals surface area contributed by atoms with Crippen LogP contribution in [0.15, 0.2) is 18.2 Å². The van der Waals surface area contributed by atoms with Gasteiger partial charge in [0.25, 0.3) is 5.91 Å². The molecule has 84 valence electrons. The van der Waals surface area contributed by atoms with Gasteiger partial charge in [0.05, 0.1) is 17.6 Å². The summed E-state index contributed by atoms with van der Waals surface area (Å²) >= 11 is 0. The smallest absolute Gasteiger partial charge is 0.255 e. The number of carbonyl (C=O) groups excluding carboxylic acids is 1. The van der Waals surface area contributed by atoms with Crippen LogP contribution in [0.4, 0.5) is 4.39 Å². The first-order valence-electron chi connectivity index (χ1n) is 4.71. The number of phenolic OH excluding ortho intramolecular Hbond substituents is 1. The minimum atomic E-state index is -0.601. The molecule has 0 bridgehead atoms. The predicted molar refractivity (Wildman–Crippen MR) is 55.2 cm³/mol. The Balaban J connectivity index is 2.74. The molecule has 0 aromatic heterocycles. The Morgan fingerprint density at radius 1 is 1.69 bits per heavy atom. The van der Waals surface area contributed by atoms with Crippen molar-refractivity contribution in [2.45, 2.75) is 6.92 Å². The standard InChI is InChI=1S/C11H11FN2O2/c1-7(5-13)6-14-11(16)9-4-8(12)2-3-10(9)15/h2-4,7,15H,6H2,1H3,(H,14,16). The molecule has 1 unspecified atom stereocenters. The van der Waals surface area contributed by atoms with Crippen LogP contribution in [0.25, 0.3) is 0 Å².